The Morgan fingerprint density at radius 1 is 0.637 bits per heavy atom. The summed E-state index contributed by atoms with van der Waals surface area (Å²) < 4.78 is 187. The van der Waals surface area contributed by atoms with E-state index in [-0.39, 0.29) is 130 Å². The van der Waals surface area contributed by atoms with Gasteiger partial charge in [-0.05, 0) is 156 Å². The Morgan fingerprint density at radius 2 is 1.09 bits per heavy atom. The first-order valence-corrected chi connectivity index (χ1v) is 30.3. The number of fused-ring (bicyclic) bond motifs is 2. The quantitative estimate of drug-likeness (QED) is 0.183. The summed E-state index contributed by atoms with van der Waals surface area (Å²) in [6.45, 7) is 14.1. The Morgan fingerprint density at radius 3 is 1.54 bits per heavy atom. The number of rotatable bonds is 11. The zero-order valence-corrected chi connectivity index (χ0v) is 47.9. The van der Waals surface area contributed by atoms with Gasteiger partial charge >= 0.3 is 24.4 Å². The van der Waals surface area contributed by atoms with Gasteiger partial charge in [-0.2, -0.15) is 39.5 Å². The van der Waals surface area contributed by atoms with Crippen molar-refractivity contribution in [2.75, 3.05) is 39.5 Å². The second-order valence-corrected chi connectivity index (χ2v) is 27.3. The molecule has 3 amide bonds. The van der Waals surface area contributed by atoms with E-state index in [0.717, 1.165) is 49.5 Å². The average molecular weight is 1190 g/mol. The molecular weight excluding hydrogens is 1110 g/mol. The first-order chi connectivity index (χ1) is 36.9. The molecule has 26 heteroatoms. The van der Waals surface area contributed by atoms with Crippen molar-refractivity contribution in [2.24, 2.45) is 27.8 Å². The highest BCUT2D eigenvalue weighted by molar-refractivity contribution is 7.89. The van der Waals surface area contributed by atoms with Gasteiger partial charge in [-0.15, -0.1) is 0 Å². The number of nitrogens with one attached hydrogen (secondary N) is 2. The van der Waals surface area contributed by atoms with Gasteiger partial charge < -0.3 is 29.5 Å². The van der Waals surface area contributed by atoms with Crippen LogP contribution in [0.4, 0.5) is 39.5 Å². The van der Waals surface area contributed by atoms with Crippen molar-refractivity contribution in [1.29, 1.82) is 0 Å². The number of hydrogen-bond acceptors (Lipinski definition) is 10. The van der Waals surface area contributed by atoms with Gasteiger partial charge in [0.15, 0.2) is 0 Å². The number of amides is 3. The number of carbonyl (C=O) groups is 3. The molecule has 15 nitrogen and oxygen atoms in total. The molecule has 0 radical (unpaired) electrons. The van der Waals surface area contributed by atoms with E-state index < -0.39 is 99.8 Å². The first-order valence-electron chi connectivity index (χ1n) is 27.3. The molecule has 8 rings (SSSR count). The van der Waals surface area contributed by atoms with E-state index in [1.165, 1.54) is 4.90 Å². The van der Waals surface area contributed by atoms with Crippen molar-refractivity contribution in [3.63, 3.8) is 0 Å². The second kappa shape index (κ2) is 23.5. The molecule has 450 valence electrons. The lowest BCUT2D eigenvalue weighted by Crippen LogP contribution is -2.54. The molecule has 2 saturated heterocycles. The second-order valence-electron chi connectivity index (χ2n) is 24.1. The molecule has 80 heavy (non-hydrogen) atoms. The number of primary sulfonamides is 1. The van der Waals surface area contributed by atoms with Crippen LogP contribution < -0.4 is 15.2 Å². The third-order valence-corrected chi connectivity index (χ3v) is 19.9. The average Bonchev–Trinajstić information content (AvgIpc) is 4.19. The smallest absolute Gasteiger partial charge is 0.381 e. The maximum absolute atomic E-state index is 14.3. The van der Waals surface area contributed by atoms with Gasteiger partial charge in [0, 0.05) is 82.3 Å². The Balaban J connectivity index is 0.000000238. The summed E-state index contributed by atoms with van der Waals surface area (Å²) in [6.07, 6.45) is -9.64. The molecule has 0 spiro atoms. The molecule has 4 N–H and O–H groups in total. The van der Waals surface area contributed by atoms with Gasteiger partial charge in [0.1, 0.15) is 0 Å². The number of ether oxygens (including phenoxy) is 2. The monoisotopic (exact) mass is 1190 g/mol. The molecular formula is C54H75F9N6O9S2. The lowest BCUT2D eigenvalue weighted by atomic mass is 9.73. The standard InChI is InChI=1S/C30H41F6N3O5S.C24H34F3N3O4S/c1-18(2)28(10-6-22(16-28)39(26(41)30(34,35)36)21-8-12-44-13-9-21)25(40)38-11-7-23-19(17-38)14-20(29(31,32)33)15-24(23)45(42,43)37-27(3,4)5;1-15(2)23(7-3-19(13-23)29-18-5-9-34-10-6-18)22(31)30-8-4-20-16(14-30)11-17(24(25,26)27)12-21(20)35(28,32)33/h14-15,18,21-22,37H,6-13,16-17H2,1-5H3;11-12,15,18-19,29H,3-10,13-14H2,1-2H3,(H2,28,32,33)/t22-,28+;19-,23+/m11/s1. The highest BCUT2D eigenvalue weighted by Crippen LogP contribution is 2.51. The van der Waals surface area contributed by atoms with Crippen LogP contribution in [0.25, 0.3) is 0 Å². The van der Waals surface area contributed by atoms with Gasteiger partial charge in [0.25, 0.3) is 0 Å². The Kier molecular flexibility index (Phi) is 18.7. The molecule has 2 aliphatic carbocycles. The van der Waals surface area contributed by atoms with E-state index in [1.807, 2.05) is 13.8 Å². The fourth-order valence-electron chi connectivity index (χ4n) is 12.9. The van der Waals surface area contributed by atoms with Crippen LogP contribution in [0, 0.1) is 22.7 Å². The van der Waals surface area contributed by atoms with Gasteiger partial charge in [-0.3, -0.25) is 14.4 Å². The summed E-state index contributed by atoms with van der Waals surface area (Å²) in [5, 5.41) is 8.94. The first kappa shape index (κ1) is 63.5. The lowest BCUT2D eigenvalue weighted by Gasteiger charge is -2.42. The Bertz CT molecular complexity index is 2850. The molecule has 2 saturated carbocycles. The molecule has 4 heterocycles. The van der Waals surface area contributed by atoms with Crippen LogP contribution >= 0.6 is 0 Å². The molecule has 4 aliphatic heterocycles. The van der Waals surface area contributed by atoms with Crippen LogP contribution in [0.15, 0.2) is 34.1 Å². The number of benzene rings is 2. The maximum Gasteiger partial charge on any atom is 0.471 e. The molecule has 0 aromatic heterocycles. The molecule has 4 atom stereocenters. The molecule has 0 bridgehead atoms. The third-order valence-electron chi connectivity index (χ3n) is 17.1. The summed E-state index contributed by atoms with van der Waals surface area (Å²) in [4.78, 5) is 43.7. The topological polar surface area (TPSA) is 198 Å². The van der Waals surface area contributed by atoms with E-state index in [2.05, 4.69) is 10.0 Å². The van der Waals surface area contributed by atoms with Gasteiger partial charge in [0.2, 0.25) is 31.9 Å². The minimum Gasteiger partial charge on any atom is -0.381 e. The van der Waals surface area contributed by atoms with Crippen molar-refractivity contribution in [3.05, 3.63) is 57.6 Å². The maximum atomic E-state index is 14.3. The molecule has 0 unspecified atom stereocenters. The van der Waals surface area contributed by atoms with Crippen LogP contribution in [-0.4, -0.2) is 125 Å². The largest absolute Gasteiger partial charge is 0.471 e. The summed E-state index contributed by atoms with van der Waals surface area (Å²) >= 11 is 0. The minimum absolute atomic E-state index is 0.0134. The minimum atomic E-state index is -5.10. The van der Waals surface area contributed by atoms with Gasteiger partial charge in [-0.1, -0.05) is 27.7 Å². The van der Waals surface area contributed by atoms with Crippen LogP contribution in [0.5, 0.6) is 0 Å². The summed E-state index contributed by atoms with van der Waals surface area (Å²) in [5.74, 6) is -2.74. The third kappa shape index (κ3) is 13.9. The zero-order valence-electron chi connectivity index (χ0n) is 46.2. The summed E-state index contributed by atoms with van der Waals surface area (Å²) in [5.41, 5.74) is -4.28. The predicted molar refractivity (Wildman–Crippen MR) is 276 cm³/mol. The van der Waals surface area contributed by atoms with E-state index in [0.29, 0.717) is 31.0 Å². The van der Waals surface area contributed by atoms with Crippen LogP contribution in [0.1, 0.15) is 146 Å². The number of nitrogens with zero attached hydrogens (tertiary/aromatic N) is 3. The number of carbonyl (C=O) groups excluding carboxylic acids is 3. The van der Waals surface area contributed by atoms with Gasteiger partial charge in [-0.25, -0.2) is 26.7 Å². The highest BCUT2D eigenvalue weighted by Gasteiger charge is 2.56. The van der Waals surface area contributed by atoms with E-state index in [1.54, 1.807) is 39.5 Å². The van der Waals surface area contributed by atoms with E-state index in [9.17, 15) is 70.7 Å². The van der Waals surface area contributed by atoms with Crippen LogP contribution in [0.3, 0.4) is 0 Å². The molecule has 6 aliphatic rings. The fourth-order valence-corrected chi connectivity index (χ4v) is 15.6. The number of halogens is 9. The zero-order chi connectivity index (χ0) is 59.3. The molecule has 2 aromatic carbocycles. The van der Waals surface area contributed by atoms with Crippen LogP contribution in [-0.2, 0) is 82.2 Å². The number of alkyl halides is 9. The van der Waals surface area contributed by atoms with Gasteiger partial charge in [0.05, 0.1) is 31.7 Å². The Hall–Kier alpha value is -4.08. The Labute approximate surface area is 462 Å². The van der Waals surface area contributed by atoms with Crippen molar-refractivity contribution >= 4 is 37.8 Å². The van der Waals surface area contributed by atoms with E-state index >= 15 is 0 Å². The van der Waals surface area contributed by atoms with Crippen molar-refractivity contribution in [2.45, 2.75) is 197 Å². The number of hydrogen-bond donors (Lipinski definition) is 3. The van der Waals surface area contributed by atoms with Crippen molar-refractivity contribution < 1.29 is 80.2 Å². The molecule has 2 aromatic rings. The SMILES string of the molecule is CC(C)[C@]1(C(=O)N2CCc3c(cc(C(F)(F)F)cc3S(=O)(=O)NC(C)(C)C)C2)CC[C@@H](N(C(=O)C(F)(F)F)C2CCOCC2)C1.CC(C)[C@]1(C(=O)N2CCc3c(cc(C(F)(F)F)cc3S(N)(=O)=O)C2)CC[C@@H](NC2CCOCC2)C1. The summed E-state index contributed by atoms with van der Waals surface area (Å²) in [6, 6.07) is 2.05. The molecule has 4 fully saturated rings. The predicted octanol–water partition coefficient (Wildman–Crippen LogP) is 8.63. The highest BCUT2D eigenvalue weighted by atomic mass is 32.2. The lowest BCUT2D eigenvalue weighted by molar-refractivity contribution is -0.192. The van der Waals surface area contributed by atoms with E-state index in [4.69, 9.17) is 14.6 Å². The summed E-state index contributed by atoms with van der Waals surface area (Å²) in [7, 11) is -8.71. The van der Waals surface area contributed by atoms with Crippen molar-refractivity contribution in [3.8, 4) is 0 Å². The normalized spacial score (nSPS) is 24.8. The van der Waals surface area contributed by atoms with Crippen molar-refractivity contribution in [1.82, 2.24) is 24.7 Å². The number of sulfonamides is 2. The number of nitrogens with two attached hydrogens (primary N) is 1. The fraction of sp³-hybridized carbons (Fsp3) is 0.722. The van der Waals surface area contributed by atoms with Crippen LogP contribution in [0.2, 0.25) is 0 Å².